The van der Waals surface area contributed by atoms with Crippen LogP contribution in [0.5, 0.6) is 5.75 Å². The fraction of sp³-hybridized carbons (Fsp3) is 0.412. The number of anilines is 3. The summed E-state index contributed by atoms with van der Waals surface area (Å²) in [6, 6.07) is 9.75. The number of unbranched alkanes of at least 4 members (excludes halogenated alkanes) is 2. The first kappa shape index (κ1) is 16.1. The summed E-state index contributed by atoms with van der Waals surface area (Å²) in [6.07, 6.45) is 5.15. The van der Waals surface area contributed by atoms with Gasteiger partial charge in [-0.3, -0.25) is 0 Å². The molecule has 1 aromatic carbocycles. The molecule has 0 saturated carbocycles. The van der Waals surface area contributed by atoms with Crippen molar-refractivity contribution in [2.24, 2.45) is 0 Å². The normalized spacial score (nSPS) is 10.3. The molecule has 0 bridgehead atoms. The Morgan fingerprint density at radius 3 is 2.68 bits per heavy atom. The van der Waals surface area contributed by atoms with E-state index in [-0.39, 0.29) is 0 Å². The Bertz CT molecular complexity index is 574. The van der Waals surface area contributed by atoms with Crippen LogP contribution in [0.3, 0.4) is 0 Å². The second-order valence-electron chi connectivity index (χ2n) is 4.98. The smallest absolute Gasteiger partial charge is 0.142 e. The van der Waals surface area contributed by atoms with E-state index in [0.29, 0.717) is 6.61 Å². The molecule has 0 radical (unpaired) electrons. The van der Waals surface area contributed by atoms with Crippen LogP contribution in [0.15, 0.2) is 36.7 Å². The SMILES string of the molecule is CCCCCNc1cc(Nc2ccccc2OCC)ncn1. The maximum Gasteiger partial charge on any atom is 0.142 e. The molecule has 2 N–H and O–H groups in total. The average molecular weight is 300 g/mol. The predicted octanol–water partition coefficient (Wildman–Crippen LogP) is 4.22. The molecule has 118 valence electrons. The molecule has 22 heavy (non-hydrogen) atoms. The summed E-state index contributed by atoms with van der Waals surface area (Å²) in [4.78, 5) is 8.51. The maximum atomic E-state index is 5.61. The Labute approximate surface area is 132 Å². The minimum atomic E-state index is 0.632. The Hall–Kier alpha value is -2.30. The van der Waals surface area contributed by atoms with E-state index in [9.17, 15) is 0 Å². The number of para-hydroxylation sites is 2. The molecule has 2 aromatic rings. The summed E-state index contributed by atoms with van der Waals surface area (Å²) < 4.78 is 5.61. The molecule has 1 heterocycles. The molecule has 2 rings (SSSR count). The molecule has 0 fully saturated rings. The lowest BCUT2D eigenvalue weighted by molar-refractivity contribution is 0.342. The summed E-state index contributed by atoms with van der Waals surface area (Å²) in [5, 5.41) is 6.61. The van der Waals surface area contributed by atoms with Crippen LogP contribution in [0.4, 0.5) is 17.3 Å². The van der Waals surface area contributed by atoms with E-state index in [4.69, 9.17) is 4.74 Å². The third kappa shape index (κ3) is 4.91. The first-order valence-electron chi connectivity index (χ1n) is 7.88. The van der Waals surface area contributed by atoms with Crippen LogP contribution in [0.25, 0.3) is 0 Å². The molecular weight excluding hydrogens is 276 g/mol. The quantitative estimate of drug-likeness (QED) is 0.679. The van der Waals surface area contributed by atoms with E-state index in [0.717, 1.165) is 36.0 Å². The van der Waals surface area contributed by atoms with Crippen LogP contribution in [0.1, 0.15) is 33.1 Å². The van der Waals surface area contributed by atoms with Gasteiger partial charge in [0.2, 0.25) is 0 Å². The number of benzene rings is 1. The molecular formula is C17H24N4O. The van der Waals surface area contributed by atoms with Gasteiger partial charge in [0.25, 0.3) is 0 Å². The van der Waals surface area contributed by atoms with Crippen LogP contribution in [0.2, 0.25) is 0 Å². The van der Waals surface area contributed by atoms with Gasteiger partial charge in [0.1, 0.15) is 23.7 Å². The largest absolute Gasteiger partial charge is 0.492 e. The highest BCUT2D eigenvalue weighted by molar-refractivity contribution is 5.65. The molecule has 1 aromatic heterocycles. The molecule has 0 aliphatic rings. The second kappa shape index (κ2) is 8.87. The van der Waals surface area contributed by atoms with Crippen molar-refractivity contribution >= 4 is 17.3 Å². The van der Waals surface area contributed by atoms with Gasteiger partial charge in [0.05, 0.1) is 12.3 Å². The molecule has 0 spiro atoms. The summed E-state index contributed by atoms with van der Waals surface area (Å²) in [6.45, 7) is 5.73. The minimum absolute atomic E-state index is 0.632. The lowest BCUT2D eigenvalue weighted by Crippen LogP contribution is -2.05. The number of rotatable bonds is 9. The molecule has 0 atom stereocenters. The summed E-state index contributed by atoms with van der Waals surface area (Å²) in [7, 11) is 0. The topological polar surface area (TPSA) is 59.1 Å². The van der Waals surface area contributed by atoms with Crippen molar-refractivity contribution in [3.63, 3.8) is 0 Å². The van der Waals surface area contributed by atoms with Crippen molar-refractivity contribution in [3.8, 4) is 5.75 Å². The van der Waals surface area contributed by atoms with E-state index in [2.05, 4.69) is 27.5 Å². The lowest BCUT2D eigenvalue weighted by atomic mass is 10.2. The Kier molecular flexibility index (Phi) is 6.48. The number of nitrogens with zero attached hydrogens (tertiary/aromatic N) is 2. The zero-order valence-corrected chi connectivity index (χ0v) is 13.3. The van der Waals surface area contributed by atoms with Gasteiger partial charge in [0, 0.05) is 12.6 Å². The number of ether oxygens (including phenoxy) is 1. The van der Waals surface area contributed by atoms with Crippen LogP contribution < -0.4 is 15.4 Å². The van der Waals surface area contributed by atoms with Gasteiger partial charge < -0.3 is 15.4 Å². The van der Waals surface area contributed by atoms with Gasteiger partial charge in [-0.1, -0.05) is 31.9 Å². The fourth-order valence-electron chi connectivity index (χ4n) is 2.10. The molecule has 0 aliphatic heterocycles. The van der Waals surface area contributed by atoms with Gasteiger partial charge in [-0.2, -0.15) is 0 Å². The number of hydrogen-bond acceptors (Lipinski definition) is 5. The maximum absolute atomic E-state index is 5.61. The molecule has 0 unspecified atom stereocenters. The van der Waals surface area contributed by atoms with Crippen molar-refractivity contribution in [2.45, 2.75) is 33.1 Å². The Morgan fingerprint density at radius 2 is 1.86 bits per heavy atom. The third-order valence-electron chi connectivity index (χ3n) is 3.20. The second-order valence-corrected chi connectivity index (χ2v) is 4.98. The molecule has 0 saturated heterocycles. The zero-order chi connectivity index (χ0) is 15.6. The van der Waals surface area contributed by atoms with E-state index in [1.165, 1.54) is 12.8 Å². The van der Waals surface area contributed by atoms with Gasteiger partial charge in [-0.15, -0.1) is 0 Å². The van der Waals surface area contributed by atoms with E-state index in [1.54, 1.807) is 6.33 Å². The Morgan fingerprint density at radius 1 is 1.05 bits per heavy atom. The van der Waals surface area contributed by atoms with E-state index < -0.39 is 0 Å². The van der Waals surface area contributed by atoms with Crippen molar-refractivity contribution in [3.05, 3.63) is 36.7 Å². The lowest BCUT2D eigenvalue weighted by Gasteiger charge is -2.12. The highest BCUT2D eigenvalue weighted by atomic mass is 16.5. The summed E-state index contributed by atoms with van der Waals surface area (Å²) >= 11 is 0. The number of nitrogens with one attached hydrogen (secondary N) is 2. The first-order valence-corrected chi connectivity index (χ1v) is 7.88. The van der Waals surface area contributed by atoms with Crippen LogP contribution in [-0.2, 0) is 0 Å². The molecule has 0 aliphatic carbocycles. The third-order valence-corrected chi connectivity index (χ3v) is 3.20. The molecule has 0 amide bonds. The average Bonchev–Trinajstić information content (AvgIpc) is 2.54. The van der Waals surface area contributed by atoms with Crippen LogP contribution in [-0.4, -0.2) is 23.1 Å². The van der Waals surface area contributed by atoms with E-state index >= 15 is 0 Å². The highest BCUT2D eigenvalue weighted by Crippen LogP contribution is 2.26. The number of aromatic nitrogens is 2. The van der Waals surface area contributed by atoms with Crippen molar-refractivity contribution in [1.29, 1.82) is 0 Å². The summed E-state index contributed by atoms with van der Waals surface area (Å²) in [5.41, 5.74) is 0.903. The van der Waals surface area contributed by atoms with Gasteiger partial charge in [0.15, 0.2) is 0 Å². The first-order chi connectivity index (χ1) is 10.8. The highest BCUT2D eigenvalue weighted by Gasteiger charge is 2.04. The Balaban J connectivity index is 2.01. The predicted molar refractivity (Wildman–Crippen MR) is 90.9 cm³/mol. The van der Waals surface area contributed by atoms with E-state index in [1.807, 2.05) is 37.3 Å². The minimum Gasteiger partial charge on any atom is -0.492 e. The molecule has 5 heteroatoms. The van der Waals surface area contributed by atoms with Crippen molar-refractivity contribution in [2.75, 3.05) is 23.8 Å². The summed E-state index contributed by atoms with van der Waals surface area (Å²) in [5.74, 6) is 2.41. The monoisotopic (exact) mass is 300 g/mol. The fourth-order valence-corrected chi connectivity index (χ4v) is 2.10. The zero-order valence-electron chi connectivity index (χ0n) is 13.3. The molecule has 5 nitrogen and oxygen atoms in total. The van der Waals surface area contributed by atoms with Crippen LogP contribution >= 0.6 is 0 Å². The van der Waals surface area contributed by atoms with Gasteiger partial charge in [-0.25, -0.2) is 9.97 Å². The van der Waals surface area contributed by atoms with Crippen LogP contribution in [0, 0.1) is 0 Å². The standard InChI is InChI=1S/C17H24N4O/c1-3-5-8-11-18-16-12-17(20-13-19-16)21-14-9-6-7-10-15(14)22-4-2/h6-7,9-10,12-13H,3-5,8,11H2,1-2H3,(H2,18,19,20,21). The van der Waals surface area contributed by atoms with Gasteiger partial charge >= 0.3 is 0 Å². The number of hydrogen-bond donors (Lipinski definition) is 2. The van der Waals surface area contributed by atoms with Crippen molar-refractivity contribution in [1.82, 2.24) is 9.97 Å². The van der Waals surface area contributed by atoms with Crippen molar-refractivity contribution < 1.29 is 4.74 Å². The van der Waals surface area contributed by atoms with Gasteiger partial charge in [-0.05, 0) is 25.5 Å².